The predicted molar refractivity (Wildman–Crippen MR) is 71.5 cm³/mol. The first kappa shape index (κ1) is 15.1. The van der Waals surface area contributed by atoms with Gasteiger partial charge in [0.05, 0.1) is 18.7 Å². The molecular formula is C10H15BrN2O2S. The van der Waals surface area contributed by atoms with E-state index in [2.05, 4.69) is 16.9 Å². The Labute approximate surface area is 109 Å². The Morgan fingerprint density at radius 2 is 2.50 bits per heavy atom. The van der Waals surface area contributed by atoms with Crippen molar-refractivity contribution in [1.82, 2.24) is 4.98 Å². The number of halogens is 1. The van der Waals surface area contributed by atoms with E-state index in [1.165, 1.54) is 11.3 Å². The lowest BCUT2D eigenvalue weighted by molar-refractivity contribution is -0.142. The number of ether oxygens (including phenoxy) is 1. The maximum atomic E-state index is 11.1. The second-order valence-corrected chi connectivity index (χ2v) is 3.65. The van der Waals surface area contributed by atoms with Crippen LogP contribution in [0.4, 0.5) is 5.13 Å². The molecular weight excluding hydrogens is 292 g/mol. The Balaban J connectivity index is 0.00000225. The molecule has 0 aromatic carbocycles. The molecule has 0 aliphatic heterocycles. The molecule has 0 saturated heterocycles. The highest BCUT2D eigenvalue weighted by Gasteiger charge is 2.07. The Morgan fingerprint density at radius 1 is 1.75 bits per heavy atom. The first-order valence-electron chi connectivity index (χ1n) is 4.71. The molecule has 0 aliphatic rings. The van der Waals surface area contributed by atoms with Gasteiger partial charge in [-0.3, -0.25) is 4.79 Å². The fraction of sp³-hybridized carbons (Fsp3) is 0.400. The largest absolute Gasteiger partial charge is 0.466 e. The highest BCUT2D eigenvalue weighted by atomic mass is 79.9. The fourth-order valence-electron chi connectivity index (χ4n) is 0.989. The number of hydrogen-bond acceptors (Lipinski definition) is 5. The first-order chi connectivity index (χ1) is 7.26. The van der Waals surface area contributed by atoms with E-state index in [1.54, 1.807) is 13.0 Å². The van der Waals surface area contributed by atoms with Crippen LogP contribution >= 0.6 is 28.3 Å². The number of carbonyl (C=O) groups is 1. The lowest BCUT2D eigenvalue weighted by atomic mass is 10.3. The average Bonchev–Trinajstić information content (AvgIpc) is 2.63. The van der Waals surface area contributed by atoms with Crippen LogP contribution in [-0.4, -0.2) is 24.1 Å². The highest BCUT2D eigenvalue weighted by molar-refractivity contribution is 8.93. The van der Waals surface area contributed by atoms with Crippen LogP contribution in [0.5, 0.6) is 0 Å². The summed E-state index contributed by atoms with van der Waals surface area (Å²) in [5.74, 6) is -0.238. The van der Waals surface area contributed by atoms with Crippen molar-refractivity contribution >= 4 is 39.4 Å². The van der Waals surface area contributed by atoms with Gasteiger partial charge in [-0.05, 0) is 6.92 Å². The summed E-state index contributed by atoms with van der Waals surface area (Å²) < 4.78 is 4.83. The molecule has 4 nitrogen and oxygen atoms in total. The van der Waals surface area contributed by atoms with Gasteiger partial charge in [-0.1, -0.05) is 6.08 Å². The number of nitrogens with one attached hydrogen (secondary N) is 1. The van der Waals surface area contributed by atoms with E-state index in [-0.39, 0.29) is 29.4 Å². The van der Waals surface area contributed by atoms with E-state index < -0.39 is 0 Å². The normalized spacial score (nSPS) is 9.06. The van der Waals surface area contributed by atoms with Crippen molar-refractivity contribution in [2.75, 3.05) is 18.5 Å². The second kappa shape index (κ2) is 8.29. The number of esters is 1. The average molecular weight is 307 g/mol. The molecule has 0 unspecified atom stereocenters. The third-order valence-corrected chi connectivity index (χ3v) is 2.43. The molecule has 0 saturated carbocycles. The fourth-order valence-corrected chi connectivity index (χ4v) is 1.71. The minimum absolute atomic E-state index is 0. The van der Waals surface area contributed by atoms with Gasteiger partial charge in [0.2, 0.25) is 0 Å². The summed E-state index contributed by atoms with van der Waals surface area (Å²) in [4.78, 5) is 15.4. The molecule has 1 aromatic heterocycles. The number of hydrogen-bond donors (Lipinski definition) is 1. The van der Waals surface area contributed by atoms with Gasteiger partial charge in [-0.15, -0.1) is 34.9 Å². The van der Waals surface area contributed by atoms with Crippen LogP contribution in [0.3, 0.4) is 0 Å². The molecule has 0 spiro atoms. The standard InChI is InChI=1S/C10H14N2O2S.BrH/c1-3-5-11-10-12-8(7-15-10)6-9(13)14-4-2;/h3,7H,1,4-6H2,2H3,(H,11,12);1H. The van der Waals surface area contributed by atoms with Crippen molar-refractivity contribution in [3.8, 4) is 0 Å². The van der Waals surface area contributed by atoms with Crippen LogP contribution in [0.25, 0.3) is 0 Å². The summed E-state index contributed by atoms with van der Waals surface area (Å²) in [6.07, 6.45) is 1.99. The number of aromatic nitrogens is 1. The van der Waals surface area contributed by atoms with Gasteiger partial charge in [-0.25, -0.2) is 4.98 Å². The summed E-state index contributed by atoms with van der Waals surface area (Å²) in [5, 5.41) is 5.71. The van der Waals surface area contributed by atoms with E-state index >= 15 is 0 Å². The molecule has 0 aliphatic carbocycles. The molecule has 1 aromatic rings. The summed E-state index contributed by atoms with van der Waals surface area (Å²) in [6, 6.07) is 0. The lowest BCUT2D eigenvalue weighted by Gasteiger charge is -1.98. The van der Waals surface area contributed by atoms with Gasteiger partial charge in [0.1, 0.15) is 0 Å². The second-order valence-electron chi connectivity index (χ2n) is 2.80. The topological polar surface area (TPSA) is 51.2 Å². The van der Waals surface area contributed by atoms with Gasteiger partial charge in [0, 0.05) is 11.9 Å². The van der Waals surface area contributed by atoms with Gasteiger partial charge in [0.25, 0.3) is 0 Å². The Bertz CT molecular complexity index is 341. The van der Waals surface area contributed by atoms with Crippen LogP contribution in [0.15, 0.2) is 18.0 Å². The minimum atomic E-state index is -0.238. The molecule has 0 amide bonds. The number of anilines is 1. The zero-order valence-corrected chi connectivity index (χ0v) is 11.6. The smallest absolute Gasteiger partial charge is 0.311 e. The van der Waals surface area contributed by atoms with Gasteiger partial charge in [-0.2, -0.15) is 0 Å². The number of thiazole rings is 1. The Hall–Kier alpha value is -0.880. The molecule has 1 rings (SSSR count). The molecule has 90 valence electrons. The Kier molecular flexibility index (Phi) is 7.84. The van der Waals surface area contributed by atoms with Crippen molar-refractivity contribution in [2.24, 2.45) is 0 Å². The molecule has 1 N–H and O–H groups in total. The molecule has 0 radical (unpaired) electrons. The zero-order chi connectivity index (χ0) is 11.1. The van der Waals surface area contributed by atoms with Crippen molar-refractivity contribution in [3.63, 3.8) is 0 Å². The molecule has 0 atom stereocenters. The van der Waals surface area contributed by atoms with Crippen LogP contribution < -0.4 is 5.32 Å². The van der Waals surface area contributed by atoms with E-state index in [4.69, 9.17) is 4.74 Å². The number of carbonyl (C=O) groups excluding carboxylic acids is 1. The third-order valence-electron chi connectivity index (χ3n) is 1.58. The Morgan fingerprint density at radius 3 is 3.12 bits per heavy atom. The predicted octanol–water partition coefficient (Wildman–Crippen LogP) is 2.42. The van der Waals surface area contributed by atoms with Gasteiger partial charge < -0.3 is 10.1 Å². The van der Waals surface area contributed by atoms with Crippen molar-refractivity contribution < 1.29 is 9.53 Å². The first-order valence-corrected chi connectivity index (χ1v) is 5.59. The van der Waals surface area contributed by atoms with Gasteiger partial charge in [0.15, 0.2) is 5.13 Å². The third kappa shape index (κ3) is 5.27. The van der Waals surface area contributed by atoms with Crippen molar-refractivity contribution in [3.05, 3.63) is 23.7 Å². The zero-order valence-electron chi connectivity index (χ0n) is 9.06. The van der Waals surface area contributed by atoms with Crippen molar-refractivity contribution in [2.45, 2.75) is 13.3 Å². The molecule has 0 bridgehead atoms. The minimum Gasteiger partial charge on any atom is -0.466 e. The maximum absolute atomic E-state index is 11.1. The number of rotatable bonds is 6. The van der Waals surface area contributed by atoms with E-state index in [1.807, 2.05) is 5.38 Å². The number of nitrogens with zero attached hydrogens (tertiary/aromatic N) is 1. The van der Waals surface area contributed by atoms with Crippen LogP contribution in [0, 0.1) is 0 Å². The molecule has 1 heterocycles. The monoisotopic (exact) mass is 306 g/mol. The van der Waals surface area contributed by atoms with Crippen LogP contribution in [-0.2, 0) is 16.0 Å². The quantitative estimate of drug-likeness (QED) is 0.648. The summed E-state index contributed by atoms with van der Waals surface area (Å²) in [7, 11) is 0. The summed E-state index contributed by atoms with van der Waals surface area (Å²) in [6.45, 7) is 6.46. The summed E-state index contributed by atoms with van der Waals surface area (Å²) >= 11 is 1.47. The maximum Gasteiger partial charge on any atom is 0.311 e. The molecule has 0 fully saturated rings. The molecule has 16 heavy (non-hydrogen) atoms. The van der Waals surface area contributed by atoms with E-state index in [0.29, 0.717) is 13.2 Å². The lowest BCUT2D eigenvalue weighted by Crippen LogP contribution is -2.07. The molecule has 6 heteroatoms. The van der Waals surface area contributed by atoms with E-state index in [9.17, 15) is 4.79 Å². The van der Waals surface area contributed by atoms with Crippen LogP contribution in [0.1, 0.15) is 12.6 Å². The highest BCUT2D eigenvalue weighted by Crippen LogP contribution is 2.15. The van der Waals surface area contributed by atoms with Crippen molar-refractivity contribution in [1.29, 1.82) is 0 Å². The summed E-state index contributed by atoms with van der Waals surface area (Å²) in [5.41, 5.74) is 0.741. The van der Waals surface area contributed by atoms with Crippen LogP contribution in [0.2, 0.25) is 0 Å². The van der Waals surface area contributed by atoms with Gasteiger partial charge >= 0.3 is 5.97 Å². The SMILES string of the molecule is Br.C=CCNc1nc(CC(=O)OCC)cs1. The van der Waals surface area contributed by atoms with E-state index in [0.717, 1.165) is 10.8 Å².